The van der Waals surface area contributed by atoms with E-state index in [9.17, 15) is 13.6 Å². The van der Waals surface area contributed by atoms with E-state index in [4.69, 9.17) is 4.74 Å². The number of carbonyl (C=O) groups is 1. The first kappa shape index (κ1) is 17.3. The molecule has 1 amide bonds. The molecule has 0 aromatic carbocycles. The van der Waals surface area contributed by atoms with Gasteiger partial charge < -0.3 is 10.1 Å². The zero-order valence-electron chi connectivity index (χ0n) is 13.6. The number of amides is 1. The highest BCUT2D eigenvalue weighted by molar-refractivity contribution is 6.02. The van der Waals surface area contributed by atoms with Gasteiger partial charge in [0.15, 0.2) is 5.75 Å². The average molecular weight is 357 g/mol. The molecule has 0 radical (unpaired) electrons. The number of aromatic nitrogens is 4. The summed E-state index contributed by atoms with van der Waals surface area (Å²) in [7, 11) is 0. The molecular weight excluding hydrogens is 344 g/mol. The minimum atomic E-state index is -1.60. The van der Waals surface area contributed by atoms with Crippen LogP contribution < -0.4 is 10.1 Å². The van der Waals surface area contributed by atoms with Gasteiger partial charge in [-0.05, 0) is 25.1 Å². The third-order valence-electron chi connectivity index (χ3n) is 3.23. The summed E-state index contributed by atoms with van der Waals surface area (Å²) in [4.78, 5) is 27.7. The van der Waals surface area contributed by atoms with Gasteiger partial charge in [0, 0.05) is 12.3 Å². The maximum atomic E-state index is 13.5. The molecule has 3 aromatic heterocycles. The van der Waals surface area contributed by atoms with Gasteiger partial charge in [-0.25, -0.2) is 23.7 Å². The lowest BCUT2D eigenvalue weighted by molar-refractivity contribution is 0.102. The number of rotatable bonds is 5. The van der Waals surface area contributed by atoms with Crippen LogP contribution in [0.3, 0.4) is 0 Å². The second-order valence-electron chi connectivity index (χ2n) is 5.19. The molecule has 3 heterocycles. The molecule has 7 nitrogen and oxygen atoms in total. The molecule has 0 spiro atoms. The first-order valence-electron chi connectivity index (χ1n) is 7.53. The smallest absolute Gasteiger partial charge is 0.275 e. The van der Waals surface area contributed by atoms with Crippen LogP contribution in [0.1, 0.15) is 29.3 Å². The summed E-state index contributed by atoms with van der Waals surface area (Å²) in [5.74, 6) is -0.620. The molecule has 0 bridgehead atoms. The van der Waals surface area contributed by atoms with Crippen molar-refractivity contribution in [3.05, 3.63) is 66.4 Å². The molecule has 0 saturated heterocycles. The highest BCUT2D eigenvalue weighted by Crippen LogP contribution is 2.22. The van der Waals surface area contributed by atoms with Gasteiger partial charge >= 0.3 is 0 Å². The van der Waals surface area contributed by atoms with Crippen LogP contribution in [-0.4, -0.2) is 25.8 Å². The molecule has 0 saturated carbocycles. The number of nitrogens with one attached hydrogen (secondary N) is 1. The second-order valence-corrected chi connectivity index (χ2v) is 5.19. The SMILES string of the molecule is CC(F)c1nc(NC(=O)c2cc(Oc3cncnc3)ccn2)ccc1F. The summed E-state index contributed by atoms with van der Waals surface area (Å²) >= 11 is 0. The van der Waals surface area contributed by atoms with Crippen molar-refractivity contribution in [1.29, 1.82) is 0 Å². The lowest BCUT2D eigenvalue weighted by atomic mass is 10.2. The monoisotopic (exact) mass is 357 g/mol. The molecule has 1 unspecified atom stereocenters. The topological polar surface area (TPSA) is 89.9 Å². The maximum Gasteiger partial charge on any atom is 0.275 e. The fourth-order valence-electron chi connectivity index (χ4n) is 2.06. The summed E-state index contributed by atoms with van der Waals surface area (Å²) in [5.41, 5.74) is -0.336. The summed E-state index contributed by atoms with van der Waals surface area (Å²) < 4.78 is 32.4. The second kappa shape index (κ2) is 7.60. The molecule has 9 heteroatoms. The Morgan fingerprint density at radius 3 is 2.69 bits per heavy atom. The van der Waals surface area contributed by atoms with Crippen LogP contribution in [0.15, 0.2) is 49.2 Å². The molecule has 1 N–H and O–H groups in total. The maximum absolute atomic E-state index is 13.5. The van der Waals surface area contributed by atoms with E-state index >= 15 is 0 Å². The minimum absolute atomic E-state index is 0.0143. The number of hydrogen-bond donors (Lipinski definition) is 1. The fourth-order valence-corrected chi connectivity index (χ4v) is 2.06. The number of halogens is 2. The van der Waals surface area contributed by atoms with Crippen molar-refractivity contribution in [2.45, 2.75) is 13.1 Å². The Balaban J connectivity index is 1.76. The van der Waals surface area contributed by atoms with Crippen molar-refractivity contribution in [1.82, 2.24) is 19.9 Å². The van der Waals surface area contributed by atoms with Gasteiger partial charge in [-0.2, -0.15) is 0 Å². The van der Waals surface area contributed by atoms with Gasteiger partial charge in [0.1, 0.15) is 41.3 Å². The zero-order chi connectivity index (χ0) is 18.5. The average Bonchev–Trinajstić information content (AvgIpc) is 2.64. The largest absolute Gasteiger partial charge is 0.454 e. The molecule has 0 aliphatic rings. The van der Waals surface area contributed by atoms with E-state index in [2.05, 4.69) is 25.3 Å². The van der Waals surface area contributed by atoms with Gasteiger partial charge in [-0.3, -0.25) is 9.78 Å². The third-order valence-corrected chi connectivity index (χ3v) is 3.23. The summed E-state index contributed by atoms with van der Waals surface area (Å²) in [6, 6.07) is 5.24. The molecule has 0 fully saturated rings. The minimum Gasteiger partial charge on any atom is -0.454 e. The third kappa shape index (κ3) is 4.12. The Morgan fingerprint density at radius 2 is 1.96 bits per heavy atom. The standard InChI is InChI=1S/C17H13F2N5O2/c1-10(18)16-13(19)2-3-15(23-16)24-17(25)14-6-11(4-5-22-14)26-12-7-20-9-21-8-12/h2-10H,1H3,(H,23,24,25). The predicted octanol–water partition coefficient (Wildman–Crippen LogP) is 3.48. The van der Waals surface area contributed by atoms with Gasteiger partial charge in [-0.1, -0.05) is 0 Å². The molecule has 3 rings (SSSR count). The van der Waals surface area contributed by atoms with Crippen LogP contribution in [0.25, 0.3) is 0 Å². The van der Waals surface area contributed by atoms with Crippen LogP contribution in [0, 0.1) is 5.82 Å². The highest BCUT2D eigenvalue weighted by Gasteiger charge is 2.15. The first-order chi connectivity index (χ1) is 12.5. The lowest BCUT2D eigenvalue weighted by Gasteiger charge is -2.09. The van der Waals surface area contributed by atoms with Crippen molar-refractivity contribution in [3.63, 3.8) is 0 Å². The van der Waals surface area contributed by atoms with Gasteiger partial charge in [-0.15, -0.1) is 0 Å². The molecule has 132 valence electrons. The van der Waals surface area contributed by atoms with E-state index in [-0.39, 0.29) is 17.2 Å². The van der Waals surface area contributed by atoms with E-state index in [1.54, 1.807) is 6.07 Å². The van der Waals surface area contributed by atoms with Crippen molar-refractivity contribution >= 4 is 11.7 Å². The van der Waals surface area contributed by atoms with E-state index in [0.717, 1.165) is 13.0 Å². The van der Waals surface area contributed by atoms with Gasteiger partial charge in [0.2, 0.25) is 0 Å². The van der Waals surface area contributed by atoms with E-state index in [1.165, 1.54) is 37.1 Å². The fraction of sp³-hybridized carbons (Fsp3) is 0.118. The molecule has 26 heavy (non-hydrogen) atoms. The van der Waals surface area contributed by atoms with Crippen molar-refractivity contribution < 1.29 is 18.3 Å². The number of nitrogens with zero attached hydrogens (tertiary/aromatic N) is 4. The van der Waals surface area contributed by atoms with Crippen molar-refractivity contribution in [2.24, 2.45) is 0 Å². The quantitative estimate of drug-likeness (QED) is 0.752. The Hall–Kier alpha value is -3.49. The Morgan fingerprint density at radius 1 is 1.19 bits per heavy atom. The van der Waals surface area contributed by atoms with Gasteiger partial charge in [0.05, 0.1) is 12.4 Å². The first-order valence-corrected chi connectivity index (χ1v) is 7.53. The number of carbonyl (C=O) groups excluding carboxylic acids is 1. The van der Waals surface area contributed by atoms with Crippen LogP contribution >= 0.6 is 0 Å². The highest BCUT2D eigenvalue weighted by atomic mass is 19.1. The molecule has 0 aliphatic carbocycles. The summed E-state index contributed by atoms with van der Waals surface area (Å²) in [5, 5.41) is 2.45. The van der Waals surface area contributed by atoms with Crippen LogP contribution in [0.4, 0.5) is 14.6 Å². The van der Waals surface area contributed by atoms with Crippen LogP contribution in [0.2, 0.25) is 0 Å². The Labute approximate surface area is 147 Å². The van der Waals surface area contributed by atoms with E-state index < -0.39 is 17.9 Å². The number of ether oxygens (including phenoxy) is 1. The van der Waals surface area contributed by atoms with Crippen LogP contribution in [-0.2, 0) is 0 Å². The predicted molar refractivity (Wildman–Crippen MR) is 88.0 cm³/mol. The zero-order valence-corrected chi connectivity index (χ0v) is 13.6. The van der Waals surface area contributed by atoms with Crippen molar-refractivity contribution in [3.8, 4) is 11.5 Å². The van der Waals surface area contributed by atoms with E-state index in [0.29, 0.717) is 11.5 Å². The Bertz CT molecular complexity index is 922. The molecule has 0 aliphatic heterocycles. The number of pyridine rings is 2. The number of hydrogen-bond acceptors (Lipinski definition) is 6. The lowest BCUT2D eigenvalue weighted by Crippen LogP contribution is -2.15. The van der Waals surface area contributed by atoms with Crippen LogP contribution in [0.5, 0.6) is 11.5 Å². The number of anilines is 1. The van der Waals surface area contributed by atoms with E-state index in [1.807, 2.05) is 0 Å². The summed E-state index contributed by atoms with van der Waals surface area (Å²) in [6.07, 6.45) is 4.08. The van der Waals surface area contributed by atoms with Gasteiger partial charge in [0.25, 0.3) is 5.91 Å². The normalized spacial score (nSPS) is 11.7. The molecule has 1 atom stereocenters. The Kier molecular flexibility index (Phi) is 5.07. The summed E-state index contributed by atoms with van der Waals surface area (Å²) in [6.45, 7) is 1.16. The van der Waals surface area contributed by atoms with Crippen molar-refractivity contribution in [2.75, 3.05) is 5.32 Å². The number of alkyl halides is 1. The molecule has 3 aromatic rings. The molecular formula is C17H13F2N5O2.